The van der Waals surface area contributed by atoms with Crippen molar-refractivity contribution in [3.05, 3.63) is 23.8 Å². The highest BCUT2D eigenvalue weighted by Gasteiger charge is 2.32. The topological polar surface area (TPSA) is 44.7 Å². The Morgan fingerprint density at radius 2 is 2.00 bits per heavy atom. The quantitative estimate of drug-likeness (QED) is 0.874. The number of methoxy groups -OCH3 is 1. The van der Waals surface area contributed by atoms with Gasteiger partial charge in [0.25, 0.3) is 6.43 Å². The molecule has 0 saturated carbocycles. The third kappa shape index (κ3) is 3.13. The lowest BCUT2D eigenvalue weighted by Crippen LogP contribution is -2.47. The van der Waals surface area contributed by atoms with Gasteiger partial charge in [-0.25, -0.2) is 8.78 Å². The van der Waals surface area contributed by atoms with E-state index in [1.54, 1.807) is 4.90 Å². The van der Waals surface area contributed by atoms with Crippen LogP contribution in [0.2, 0.25) is 0 Å². The predicted molar refractivity (Wildman–Crippen MR) is 67.8 cm³/mol. The van der Waals surface area contributed by atoms with E-state index in [-0.39, 0.29) is 5.75 Å². The Kier molecular flexibility index (Phi) is 4.55. The summed E-state index contributed by atoms with van der Waals surface area (Å²) in [7, 11) is 1.42. The van der Waals surface area contributed by atoms with Crippen LogP contribution in [0.25, 0.3) is 0 Å². The van der Waals surface area contributed by atoms with Gasteiger partial charge in [0, 0.05) is 37.8 Å². The molecule has 0 bridgehead atoms. The minimum atomic E-state index is -2.50. The molecule has 1 aliphatic heterocycles. The van der Waals surface area contributed by atoms with Crippen molar-refractivity contribution in [2.75, 3.05) is 33.3 Å². The number of nitrogens with zero attached hydrogens (tertiary/aromatic N) is 1. The summed E-state index contributed by atoms with van der Waals surface area (Å²) in [5.41, 5.74) is 0.414. The molecular formula is C13H18F2N2O2. The molecule has 0 spiro atoms. The van der Waals surface area contributed by atoms with Crippen molar-refractivity contribution in [3.63, 3.8) is 0 Å². The molecule has 2 rings (SSSR count). The van der Waals surface area contributed by atoms with Crippen molar-refractivity contribution in [1.82, 2.24) is 10.2 Å². The highest BCUT2D eigenvalue weighted by atomic mass is 19.3. The molecular weight excluding hydrogens is 254 g/mol. The number of hydrogen-bond donors (Lipinski definition) is 2. The van der Waals surface area contributed by atoms with Gasteiger partial charge in [-0.3, -0.25) is 4.90 Å². The molecule has 106 valence electrons. The number of halogens is 2. The van der Waals surface area contributed by atoms with Gasteiger partial charge in [-0.2, -0.15) is 0 Å². The molecule has 1 aromatic rings. The second-order valence-corrected chi connectivity index (χ2v) is 4.49. The molecule has 0 aliphatic carbocycles. The van der Waals surface area contributed by atoms with E-state index >= 15 is 0 Å². The number of rotatable bonds is 4. The van der Waals surface area contributed by atoms with Gasteiger partial charge in [0.2, 0.25) is 0 Å². The molecule has 1 heterocycles. The van der Waals surface area contributed by atoms with E-state index in [0.717, 1.165) is 0 Å². The summed E-state index contributed by atoms with van der Waals surface area (Å²) < 4.78 is 31.9. The zero-order valence-electron chi connectivity index (χ0n) is 10.8. The molecule has 1 aromatic carbocycles. The van der Waals surface area contributed by atoms with Crippen molar-refractivity contribution in [1.29, 1.82) is 0 Å². The summed E-state index contributed by atoms with van der Waals surface area (Å²) in [5.74, 6) is 0.303. The maximum atomic E-state index is 13.4. The van der Waals surface area contributed by atoms with Gasteiger partial charge in [-0.1, -0.05) is 0 Å². The average molecular weight is 272 g/mol. The summed E-state index contributed by atoms with van der Waals surface area (Å²) in [6, 6.07) is 3.28. The Labute approximate surface area is 111 Å². The van der Waals surface area contributed by atoms with Crippen LogP contribution in [0.3, 0.4) is 0 Å². The van der Waals surface area contributed by atoms with Crippen molar-refractivity contribution in [2.45, 2.75) is 12.5 Å². The first-order valence-electron chi connectivity index (χ1n) is 6.23. The van der Waals surface area contributed by atoms with Gasteiger partial charge in [-0.15, -0.1) is 0 Å². The van der Waals surface area contributed by atoms with E-state index in [4.69, 9.17) is 4.74 Å². The highest BCUT2D eigenvalue weighted by molar-refractivity contribution is 5.42. The Balaban J connectivity index is 2.32. The van der Waals surface area contributed by atoms with E-state index in [1.165, 1.54) is 25.3 Å². The van der Waals surface area contributed by atoms with E-state index < -0.39 is 12.5 Å². The normalized spacial score (nSPS) is 18.5. The molecule has 1 aliphatic rings. The minimum absolute atomic E-state index is 0.00827. The number of aromatic hydroxyl groups is 1. The van der Waals surface area contributed by atoms with Crippen LogP contribution >= 0.6 is 0 Å². The van der Waals surface area contributed by atoms with Gasteiger partial charge in [-0.05, 0) is 12.1 Å². The number of nitrogens with one attached hydrogen (secondary N) is 1. The van der Waals surface area contributed by atoms with Crippen LogP contribution in [0.5, 0.6) is 11.5 Å². The number of alkyl halides is 2. The van der Waals surface area contributed by atoms with Crippen LogP contribution in [0, 0.1) is 0 Å². The maximum Gasteiger partial charge on any atom is 0.258 e. The third-order valence-electron chi connectivity index (χ3n) is 3.32. The molecule has 0 radical (unpaired) electrons. The van der Waals surface area contributed by atoms with Gasteiger partial charge in [0.15, 0.2) is 0 Å². The van der Waals surface area contributed by atoms with E-state index in [2.05, 4.69) is 5.32 Å². The molecule has 2 N–H and O–H groups in total. The zero-order chi connectivity index (χ0) is 13.8. The lowest BCUT2D eigenvalue weighted by Gasteiger charge is -2.35. The lowest BCUT2D eigenvalue weighted by molar-refractivity contribution is 0.0170. The second-order valence-electron chi connectivity index (χ2n) is 4.49. The van der Waals surface area contributed by atoms with E-state index in [0.29, 0.717) is 37.5 Å². The van der Waals surface area contributed by atoms with Gasteiger partial charge >= 0.3 is 0 Å². The molecule has 1 atom stereocenters. The third-order valence-corrected chi connectivity index (χ3v) is 3.32. The standard InChI is InChI=1S/C13H18F2N2O2/c1-19-11-8-9(18)2-3-10(11)12(13(14)15)17-6-4-16-5-7-17/h2-3,8,12-13,16,18H,4-7H2,1H3/t12-/m1/s1. The number of hydrogen-bond acceptors (Lipinski definition) is 4. The smallest absolute Gasteiger partial charge is 0.258 e. The first-order valence-corrected chi connectivity index (χ1v) is 6.23. The number of benzene rings is 1. The Morgan fingerprint density at radius 3 is 2.58 bits per heavy atom. The summed E-state index contributed by atoms with van der Waals surface area (Å²) in [6.07, 6.45) is -2.50. The SMILES string of the molecule is COc1cc(O)ccc1[C@H](C(F)F)N1CCNCC1. The van der Waals surface area contributed by atoms with Crippen molar-refractivity contribution < 1.29 is 18.6 Å². The Hall–Kier alpha value is -1.40. The number of piperazine rings is 1. The number of phenols is 1. The molecule has 0 unspecified atom stereocenters. The Morgan fingerprint density at radius 1 is 1.32 bits per heavy atom. The minimum Gasteiger partial charge on any atom is -0.508 e. The van der Waals surface area contributed by atoms with E-state index in [9.17, 15) is 13.9 Å². The van der Waals surface area contributed by atoms with Crippen molar-refractivity contribution in [2.24, 2.45) is 0 Å². The zero-order valence-corrected chi connectivity index (χ0v) is 10.8. The number of ether oxygens (including phenoxy) is 1. The van der Waals surface area contributed by atoms with Crippen molar-refractivity contribution in [3.8, 4) is 11.5 Å². The fourth-order valence-electron chi connectivity index (χ4n) is 2.40. The van der Waals surface area contributed by atoms with Crippen LogP contribution in [0.4, 0.5) is 8.78 Å². The van der Waals surface area contributed by atoms with Crippen LogP contribution < -0.4 is 10.1 Å². The molecule has 1 fully saturated rings. The number of phenolic OH excluding ortho intramolecular Hbond substituents is 1. The molecule has 6 heteroatoms. The monoisotopic (exact) mass is 272 g/mol. The summed E-state index contributed by atoms with van der Waals surface area (Å²) in [4.78, 5) is 1.75. The summed E-state index contributed by atoms with van der Waals surface area (Å²) in [6.45, 7) is 2.53. The molecule has 0 aromatic heterocycles. The fourth-order valence-corrected chi connectivity index (χ4v) is 2.40. The summed E-state index contributed by atoms with van der Waals surface area (Å²) in [5, 5.41) is 12.5. The van der Waals surface area contributed by atoms with Crippen LogP contribution in [-0.4, -0.2) is 49.7 Å². The predicted octanol–water partition coefficient (Wildman–Crippen LogP) is 1.61. The second kappa shape index (κ2) is 6.16. The van der Waals surface area contributed by atoms with Crippen LogP contribution in [0.1, 0.15) is 11.6 Å². The lowest BCUT2D eigenvalue weighted by atomic mass is 10.0. The van der Waals surface area contributed by atoms with Crippen LogP contribution in [-0.2, 0) is 0 Å². The van der Waals surface area contributed by atoms with Gasteiger partial charge < -0.3 is 15.2 Å². The molecule has 19 heavy (non-hydrogen) atoms. The van der Waals surface area contributed by atoms with E-state index in [1.807, 2.05) is 0 Å². The first kappa shape index (κ1) is 14.0. The fraction of sp³-hybridized carbons (Fsp3) is 0.538. The molecule has 0 amide bonds. The van der Waals surface area contributed by atoms with Crippen molar-refractivity contribution >= 4 is 0 Å². The van der Waals surface area contributed by atoms with Gasteiger partial charge in [0.05, 0.1) is 13.2 Å². The first-order chi connectivity index (χ1) is 9.13. The summed E-state index contributed by atoms with van der Waals surface area (Å²) >= 11 is 0. The largest absolute Gasteiger partial charge is 0.508 e. The maximum absolute atomic E-state index is 13.4. The Bertz CT molecular complexity index is 423. The molecule has 4 nitrogen and oxygen atoms in total. The molecule has 1 saturated heterocycles. The van der Waals surface area contributed by atoms with Crippen LogP contribution in [0.15, 0.2) is 18.2 Å². The highest BCUT2D eigenvalue weighted by Crippen LogP contribution is 2.35. The van der Waals surface area contributed by atoms with Gasteiger partial charge in [0.1, 0.15) is 11.5 Å². The average Bonchev–Trinajstić information content (AvgIpc) is 2.41.